The van der Waals surface area contributed by atoms with Crippen LogP contribution < -0.4 is 20.2 Å². The Balaban J connectivity index is 1.41. The Morgan fingerprint density at radius 1 is 1.27 bits per heavy atom. The summed E-state index contributed by atoms with van der Waals surface area (Å²) in [6.07, 6.45) is -1.60. The number of alkyl halides is 2. The van der Waals surface area contributed by atoms with Crippen molar-refractivity contribution in [3.05, 3.63) is 36.7 Å². The fourth-order valence-electron chi connectivity index (χ4n) is 4.84. The number of aliphatic hydroxyl groups is 1. The molecule has 5 rings (SSSR count). The number of anilines is 2. The van der Waals surface area contributed by atoms with Crippen LogP contribution in [0.3, 0.4) is 0 Å². The van der Waals surface area contributed by atoms with E-state index in [1.807, 2.05) is 11.9 Å². The lowest BCUT2D eigenvalue weighted by molar-refractivity contribution is -0.202. The summed E-state index contributed by atoms with van der Waals surface area (Å²) in [5.41, 5.74) is 3.53. The summed E-state index contributed by atoms with van der Waals surface area (Å²) >= 11 is 0. The summed E-state index contributed by atoms with van der Waals surface area (Å²) in [6.45, 7) is 4.30. The molecule has 0 bridgehead atoms. The number of nitrogens with one attached hydrogen (secondary N) is 1. The van der Waals surface area contributed by atoms with Gasteiger partial charge in [-0.25, -0.2) is 18.3 Å². The molecule has 0 unspecified atom stereocenters. The number of hydrogen-bond acceptors (Lipinski definition) is 12. The predicted octanol–water partition coefficient (Wildman–Crippen LogP) is 3.42. The number of aromatic nitrogens is 4. The molecular weight excluding hydrogens is 603 g/mol. The molecule has 3 aromatic rings. The van der Waals surface area contributed by atoms with Gasteiger partial charge in [-0.05, 0) is 52.7 Å². The van der Waals surface area contributed by atoms with Crippen molar-refractivity contribution >= 4 is 36.6 Å². The molecule has 1 saturated heterocycles. The lowest BCUT2D eigenvalue weighted by Gasteiger charge is -2.28. The van der Waals surface area contributed by atoms with Crippen LogP contribution in [-0.4, -0.2) is 80.1 Å². The van der Waals surface area contributed by atoms with Crippen LogP contribution in [0.25, 0.3) is 11.2 Å². The third-order valence-corrected chi connectivity index (χ3v) is 8.92. The van der Waals surface area contributed by atoms with Crippen molar-refractivity contribution in [3.63, 3.8) is 0 Å². The maximum atomic E-state index is 16.3. The second-order valence-electron chi connectivity index (χ2n) is 11.4. The average Bonchev–Trinajstić information content (AvgIpc) is 3.70. The Morgan fingerprint density at radius 2 is 1.95 bits per heavy atom. The van der Waals surface area contributed by atoms with Gasteiger partial charge in [0.2, 0.25) is 5.95 Å². The Kier molecular flexibility index (Phi) is 8.59. The van der Waals surface area contributed by atoms with E-state index in [1.165, 1.54) is 25.4 Å². The topological polar surface area (TPSA) is 176 Å². The van der Waals surface area contributed by atoms with Crippen molar-refractivity contribution in [2.75, 3.05) is 24.3 Å². The maximum absolute atomic E-state index is 16.3. The average molecular weight is 640 g/mol. The first kappa shape index (κ1) is 32.0. The van der Waals surface area contributed by atoms with Crippen molar-refractivity contribution in [1.29, 1.82) is 0 Å². The SMILES string of the molecule is CC(C)OC(=O)[C@H](C)N[P@](=O)(OC[C@@]1(F)O[C@@H](n2cnc3c(N(C)C4CC4)nc(N)nc32)[C@](C)(F)[C@@H]1O)Oc1ccccc1. The van der Waals surface area contributed by atoms with Gasteiger partial charge in [-0.1, -0.05) is 18.2 Å². The van der Waals surface area contributed by atoms with Gasteiger partial charge in [-0.3, -0.25) is 13.9 Å². The Labute approximate surface area is 252 Å². The molecule has 3 heterocycles. The standard InChI is InChI=1S/C27H36F2N7O7P/c1-15(2)41-22(37)16(3)34-44(39,43-18-9-7-6-8-10-18)40-13-27(29)23(38)26(4,28)24(42-27)36-14-31-19-20(35(5)17-11-12-17)32-25(30)33-21(19)36/h6-10,14-17,23-24,38H,11-13H2,1-5H3,(H,34,39)(H2,30,32,33)/t16-,23-,24+,26+,27+,44-/m0/s1. The molecule has 14 nitrogen and oxygen atoms in total. The van der Waals surface area contributed by atoms with Gasteiger partial charge in [0.15, 0.2) is 35.0 Å². The molecule has 1 aromatic carbocycles. The number of carbonyl (C=O) groups excluding carboxylic acids is 1. The Hall–Kier alpha value is -3.43. The van der Waals surface area contributed by atoms with Crippen LogP contribution in [0.15, 0.2) is 36.7 Å². The van der Waals surface area contributed by atoms with E-state index in [0.29, 0.717) is 5.82 Å². The van der Waals surface area contributed by atoms with E-state index in [-0.39, 0.29) is 28.9 Å². The lowest BCUT2D eigenvalue weighted by Crippen LogP contribution is -2.47. The number of para-hydroxylation sites is 1. The lowest BCUT2D eigenvalue weighted by atomic mass is 9.97. The van der Waals surface area contributed by atoms with E-state index in [0.717, 1.165) is 24.3 Å². The summed E-state index contributed by atoms with van der Waals surface area (Å²) < 4.78 is 69.0. The van der Waals surface area contributed by atoms with Crippen LogP contribution >= 0.6 is 7.75 Å². The minimum absolute atomic E-state index is 0.0588. The molecule has 6 atom stereocenters. The summed E-state index contributed by atoms with van der Waals surface area (Å²) in [4.78, 5) is 27.1. The van der Waals surface area contributed by atoms with Gasteiger partial charge in [0, 0.05) is 13.1 Å². The zero-order valence-corrected chi connectivity index (χ0v) is 25.8. The van der Waals surface area contributed by atoms with E-state index in [4.69, 9.17) is 24.3 Å². The normalized spacial score (nSPS) is 27.3. The first-order valence-electron chi connectivity index (χ1n) is 14.1. The van der Waals surface area contributed by atoms with E-state index in [2.05, 4.69) is 20.0 Å². The molecule has 2 aliphatic rings. The highest BCUT2D eigenvalue weighted by Gasteiger charge is 2.65. The molecule has 4 N–H and O–H groups in total. The van der Waals surface area contributed by atoms with Crippen LogP contribution in [0, 0.1) is 0 Å². The number of halogens is 2. The van der Waals surface area contributed by atoms with Crippen LogP contribution in [0.1, 0.15) is 46.8 Å². The minimum Gasteiger partial charge on any atom is -0.462 e. The van der Waals surface area contributed by atoms with Gasteiger partial charge in [0.25, 0.3) is 5.85 Å². The number of fused-ring (bicyclic) bond motifs is 1. The van der Waals surface area contributed by atoms with Crippen molar-refractivity contribution < 1.29 is 41.8 Å². The second-order valence-corrected chi connectivity index (χ2v) is 13.1. The number of nitrogens with two attached hydrogens (primary N) is 1. The third-order valence-electron chi connectivity index (χ3n) is 7.29. The monoisotopic (exact) mass is 639 g/mol. The summed E-state index contributed by atoms with van der Waals surface area (Å²) in [5.74, 6) is -3.65. The molecule has 17 heteroatoms. The number of ether oxygens (including phenoxy) is 2. The zero-order chi connectivity index (χ0) is 32.0. The van der Waals surface area contributed by atoms with Crippen molar-refractivity contribution in [1.82, 2.24) is 24.6 Å². The smallest absolute Gasteiger partial charge is 0.459 e. The number of aliphatic hydroxyl groups excluding tert-OH is 1. The molecule has 2 fully saturated rings. The van der Waals surface area contributed by atoms with Crippen LogP contribution in [0.2, 0.25) is 0 Å². The van der Waals surface area contributed by atoms with Crippen molar-refractivity contribution in [2.45, 2.75) is 82.6 Å². The van der Waals surface area contributed by atoms with E-state index < -0.39 is 56.3 Å². The highest BCUT2D eigenvalue weighted by atomic mass is 31.2. The number of esters is 1. The number of nitrogen functional groups attached to an aromatic ring is 1. The summed E-state index contributed by atoms with van der Waals surface area (Å²) in [5, 5.41) is 13.3. The fraction of sp³-hybridized carbons (Fsp3) is 0.556. The van der Waals surface area contributed by atoms with Gasteiger partial charge in [0.05, 0.1) is 12.4 Å². The van der Waals surface area contributed by atoms with Gasteiger partial charge in [-0.15, -0.1) is 0 Å². The van der Waals surface area contributed by atoms with E-state index >= 15 is 8.78 Å². The molecule has 1 saturated carbocycles. The number of imidazole rings is 1. The molecule has 1 aliphatic heterocycles. The summed E-state index contributed by atoms with van der Waals surface area (Å²) in [6, 6.07) is 6.81. The predicted molar refractivity (Wildman–Crippen MR) is 155 cm³/mol. The van der Waals surface area contributed by atoms with Crippen LogP contribution in [0.5, 0.6) is 5.75 Å². The molecule has 1 aliphatic carbocycles. The molecular formula is C27H36F2N7O7P. The number of carbonyl (C=O) groups is 1. The van der Waals surface area contributed by atoms with Gasteiger partial charge in [-0.2, -0.15) is 15.1 Å². The number of nitrogens with zero attached hydrogens (tertiary/aromatic N) is 5. The molecule has 0 amide bonds. The first-order valence-corrected chi connectivity index (χ1v) is 15.6. The largest absolute Gasteiger partial charge is 0.462 e. The molecule has 2 aromatic heterocycles. The van der Waals surface area contributed by atoms with Gasteiger partial charge in [0.1, 0.15) is 18.4 Å². The van der Waals surface area contributed by atoms with Crippen LogP contribution in [-0.2, 0) is 23.4 Å². The first-order chi connectivity index (χ1) is 20.6. The highest BCUT2D eigenvalue weighted by Crippen LogP contribution is 2.52. The molecule has 0 radical (unpaired) electrons. The van der Waals surface area contributed by atoms with E-state index in [9.17, 15) is 14.5 Å². The minimum atomic E-state index is -4.57. The van der Waals surface area contributed by atoms with Gasteiger partial charge >= 0.3 is 13.7 Å². The van der Waals surface area contributed by atoms with Crippen molar-refractivity contribution in [2.24, 2.45) is 0 Å². The van der Waals surface area contributed by atoms with Gasteiger partial charge < -0.3 is 29.7 Å². The second kappa shape index (κ2) is 11.8. The molecule has 0 spiro atoms. The molecule has 44 heavy (non-hydrogen) atoms. The van der Waals surface area contributed by atoms with Crippen molar-refractivity contribution in [3.8, 4) is 5.75 Å². The Bertz CT molecular complexity index is 1560. The quantitative estimate of drug-likeness (QED) is 0.194. The number of benzene rings is 1. The number of hydrogen-bond donors (Lipinski definition) is 3. The third kappa shape index (κ3) is 6.35. The Morgan fingerprint density at radius 3 is 2.59 bits per heavy atom. The highest BCUT2D eigenvalue weighted by molar-refractivity contribution is 7.52. The summed E-state index contributed by atoms with van der Waals surface area (Å²) in [7, 11) is -2.75. The van der Waals surface area contributed by atoms with Crippen LogP contribution in [0.4, 0.5) is 20.5 Å². The zero-order valence-electron chi connectivity index (χ0n) is 24.9. The maximum Gasteiger partial charge on any atom is 0.459 e. The van der Waals surface area contributed by atoms with E-state index in [1.54, 1.807) is 32.0 Å². The number of rotatable bonds is 12. The fourth-order valence-corrected chi connectivity index (χ4v) is 6.35. The molecule has 240 valence electrons.